The van der Waals surface area contributed by atoms with Crippen LogP contribution in [0.4, 0.5) is 4.79 Å². The van der Waals surface area contributed by atoms with Gasteiger partial charge < -0.3 is 0 Å². The topological polar surface area (TPSA) is 37.4 Å². The highest BCUT2D eigenvalue weighted by Crippen LogP contribution is 2.47. The molecule has 2 amide bonds. The number of imide groups is 1. The van der Waals surface area contributed by atoms with E-state index in [1.807, 2.05) is 115 Å². The van der Waals surface area contributed by atoms with Crippen molar-refractivity contribution in [2.24, 2.45) is 0 Å². The average Bonchev–Trinajstić information content (AvgIpc) is 3.16. The average molecular weight is 484 g/mol. The number of carbonyl (C=O) groups excluding carboxylic acids is 2. The van der Waals surface area contributed by atoms with E-state index in [0.717, 1.165) is 34.0 Å². The van der Waals surface area contributed by atoms with Crippen molar-refractivity contribution in [3.63, 3.8) is 0 Å². The summed E-state index contributed by atoms with van der Waals surface area (Å²) >= 11 is 7.13. The van der Waals surface area contributed by atoms with Crippen LogP contribution in [-0.2, 0) is 16.8 Å². The zero-order valence-corrected chi connectivity index (χ0v) is 19.9. The minimum Gasteiger partial charge on any atom is -0.273 e. The molecule has 0 saturated carbocycles. The van der Waals surface area contributed by atoms with Gasteiger partial charge in [-0.25, -0.2) is 0 Å². The minimum absolute atomic E-state index is 0.193. The summed E-state index contributed by atoms with van der Waals surface area (Å²) in [5.74, 6) is -0.193. The van der Waals surface area contributed by atoms with E-state index < -0.39 is 10.8 Å². The maximum absolute atomic E-state index is 14.0. The number of hydrogen-bond acceptors (Lipinski definition) is 3. The molecule has 4 aromatic rings. The van der Waals surface area contributed by atoms with Gasteiger partial charge in [0.2, 0.25) is 5.91 Å². The second-order valence-electron chi connectivity index (χ2n) is 8.19. The number of amides is 2. The maximum Gasteiger partial charge on any atom is 0.290 e. The Kier molecular flexibility index (Phi) is 6.27. The standard InChI is InChI=1S/C29H22ClNO2S/c30-25-18-16-21(17-19-25)20-26-27(32)31(28(33)34-26)29(22-10-4-1-5-11-22,23-12-6-2-7-13-23)24-14-8-3-9-15-24/h1-19,26H,20H2. The summed E-state index contributed by atoms with van der Waals surface area (Å²) in [4.78, 5) is 29.1. The molecule has 1 saturated heterocycles. The number of hydrogen-bond donors (Lipinski definition) is 0. The number of nitrogens with zero attached hydrogens (tertiary/aromatic N) is 1. The quantitative estimate of drug-likeness (QED) is 0.279. The molecule has 1 heterocycles. The third-order valence-corrected chi connectivity index (χ3v) is 7.45. The van der Waals surface area contributed by atoms with Crippen LogP contribution in [0.1, 0.15) is 22.3 Å². The Hall–Kier alpha value is -3.34. The molecule has 168 valence electrons. The van der Waals surface area contributed by atoms with Crippen LogP contribution in [0.15, 0.2) is 115 Å². The second kappa shape index (κ2) is 9.49. The van der Waals surface area contributed by atoms with Gasteiger partial charge in [0.1, 0.15) is 5.54 Å². The summed E-state index contributed by atoms with van der Waals surface area (Å²) in [7, 11) is 0. The molecular formula is C29H22ClNO2S. The van der Waals surface area contributed by atoms with Gasteiger partial charge in [-0.15, -0.1) is 0 Å². The van der Waals surface area contributed by atoms with Crippen LogP contribution in [0, 0.1) is 0 Å². The zero-order valence-electron chi connectivity index (χ0n) is 18.3. The molecule has 0 radical (unpaired) electrons. The van der Waals surface area contributed by atoms with E-state index in [2.05, 4.69) is 0 Å². The van der Waals surface area contributed by atoms with E-state index in [9.17, 15) is 9.59 Å². The van der Waals surface area contributed by atoms with E-state index in [0.29, 0.717) is 11.4 Å². The predicted molar refractivity (Wildman–Crippen MR) is 138 cm³/mol. The third kappa shape index (κ3) is 3.93. The van der Waals surface area contributed by atoms with Crippen molar-refractivity contribution in [1.29, 1.82) is 0 Å². The fraction of sp³-hybridized carbons (Fsp3) is 0.103. The highest BCUT2D eigenvalue weighted by atomic mass is 35.5. The van der Waals surface area contributed by atoms with Crippen molar-refractivity contribution in [3.05, 3.63) is 143 Å². The number of rotatable bonds is 6. The lowest BCUT2D eigenvalue weighted by Crippen LogP contribution is -2.51. The molecule has 3 nitrogen and oxygen atoms in total. The Labute approximate surface area is 208 Å². The summed E-state index contributed by atoms with van der Waals surface area (Å²) in [6, 6.07) is 36.8. The lowest BCUT2D eigenvalue weighted by molar-refractivity contribution is -0.129. The number of benzene rings is 4. The molecule has 5 rings (SSSR count). The molecule has 1 unspecified atom stereocenters. The molecule has 1 aliphatic rings. The number of thioether (sulfide) groups is 1. The van der Waals surface area contributed by atoms with E-state index in [-0.39, 0.29) is 11.1 Å². The Morgan fingerprint density at radius 3 is 1.56 bits per heavy atom. The molecule has 0 aliphatic carbocycles. The first-order chi connectivity index (χ1) is 16.6. The van der Waals surface area contributed by atoms with Gasteiger partial charge in [0.05, 0.1) is 5.25 Å². The van der Waals surface area contributed by atoms with E-state index in [1.54, 1.807) is 0 Å². The summed E-state index contributed by atoms with van der Waals surface area (Å²) in [5, 5.41) is -0.118. The van der Waals surface area contributed by atoms with Crippen LogP contribution >= 0.6 is 23.4 Å². The van der Waals surface area contributed by atoms with Crippen LogP contribution < -0.4 is 0 Å². The lowest BCUT2D eigenvalue weighted by atomic mass is 9.75. The second-order valence-corrected chi connectivity index (χ2v) is 9.78. The SMILES string of the molecule is O=C1SC(Cc2ccc(Cl)cc2)C(=O)N1C(c1ccccc1)(c1ccccc1)c1ccccc1. The Morgan fingerprint density at radius 2 is 1.12 bits per heavy atom. The maximum atomic E-state index is 14.0. The van der Waals surface area contributed by atoms with Crippen molar-refractivity contribution < 1.29 is 9.59 Å². The number of halogens is 1. The highest BCUT2D eigenvalue weighted by molar-refractivity contribution is 8.15. The first-order valence-electron chi connectivity index (χ1n) is 11.1. The molecule has 5 heteroatoms. The van der Waals surface area contributed by atoms with Gasteiger partial charge in [-0.3, -0.25) is 14.5 Å². The van der Waals surface area contributed by atoms with Crippen molar-refractivity contribution in [1.82, 2.24) is 4.90 Å². The monoisotopic (exact) mass is 483 g/mol. The molecular weight excluding hydrogens is 462 g/mol. The van der Waals surface area contributed by atoms with Gasteiger partial charge in [-0.1, -0.05) is 126 Å². The Morgan fingerprint density at radius 1 is 0.676 bits per heavy atom. The van der Waals surface area contributed by atoms with Gasteiger partial charge in [0.15, 0.2) is 0 Å². The smallest absolute Gasteiger partial charge is 0.273 e. The van der Waals surface area contributed by atoms with E-state index >= 15 is 0 Å². The molecule has 1 fully saturated rings. The van der Waals surface area contributed by atoms with Crippen LogP contribution in [0.3, 0.4) is 0 Å². The van der Waals surface area contributed by atoms with Gasteiger partial charge in [0, 0.05) is 5.02 Å². The normalized spacial score (nSPS) is 16.1. The van der Waals surface area contributed by atoms with Crippen LogP contribution in [0.5, 0.6) is 0 Å². The van der Waals surface area contributed by atoms with Gasteiger partial charge in [-0.05, 0) is 40.8 Å². The fourth-order valence-corrected chi connectivity index (χ4v) is 5.83. The van der Waals surface area contributed by atoms with Gasteiger partial charge in [-0.2, -0.15) is 0 Å². The Balaban J connectivity index is 1.68. The van der Waals surface area contributed by atoms with E-state index in [4.69, 9.17) is 11.6 Å². The fourth-order valence-electron chi connectivity index (χ4n) is 4.65. The number of carbonyl (C=O) groups is 2. The lowest BCUT2D eigenvalue weighted by Gasteiger charge is -2.42. The van der Waals surface area contributed by atoms with Crippen molar-refractivity contribution in [2.75, 3.05) is 0 Å². The summed E-state index contributed by atoms with van der Waals surface area (Å²) in [6.07, 6.45) is 0.456. The summed E-state index contributed by atoms with van der Waals surface area (Å²) < 4.78 is 0. The van der Waals surface area contributed by atoms with Crippen LogP contribution in [-0.4, -0.2) is 21.3 Å². The molecule has 0 spiro atoms. The highest BCUT2D eigenvalue weighted by Gasteiger charge is 2.53. The molecule has 34 heavy (non-hydrogen) atoms. The van der Waals surface area contributed by atoms with Gasteiger partial charge >= 0.3 is 0 Å². The molecule has 0 N–H and O–H groups in total. The molecule has 0 bridgehead atoms. The molecule has 4 aromatic carbocycles. The third-order valence-electron chi connectivity index (χ3n) is 6.17. The zero-order chi connectivity index (χ0) is 23.5. The van der Waals surface area contributed by atoms with Crippen molar-refractivity contribution >= 4 is 34.5 Å². The molecule has 1 atom stereocenters. The minimum atomic E-state index is -1.08. The van der Waals surface area contributed by atoms with Crippen molar-refractivity contribution in [2.45, 2.75) is 17.2 Å². The van der Waals surface area contributed by atoms with Crippen LogP contribution in [0.2, 0.25) is 5.02 Å². The Bertz CT molecular complexity index is 1200. The largest absolute Gasteiger partial charge is 0.290 e. The summed E-state index contributed by atoms with van der Waals surface area (Å²) in [5.41, 5.74) is 2.47. The van der Waals surface area contributed by atoms with E-state index in [1.165, 1.54) is 4.90 Å². The first-order valence-corrected chi connectivity index (χ1v) is 12.3. The first kappa shape index (κ1) is 22.5. The van der Waals surface area contributed by atoms with Crippen LogP contribution in [0.25, 0.3) is 0 Å². The summed E-state index contributed by atoms with van der Waals surface area (Å²) in [6.45, 7) is 0. The van der Waals surface area contributed by atoms with Gasteiger partial charge in [0.25, 0.3) is 5.24 Å². The molecule has 1 aliphatic heterocycles. The van der Waals surface area contributed by atoms with Crippen molar-refractivity contribution in [3.8, 4) is 0 Å². The predicted octanol–water partition coefficient (Wildman–Crippen LogP) is 6.94. The molecule has 0 aromatic heterocycles.